The molecule has 1 amide bonds. The number of benzene rings is 1. The number of amides is 1. The summed E-state index contributed by atoms with van der Waals surface area (Å²) in [5, 5.41) is 4.09. The predicted octanol–water partition coefficient (Wildman–Crippen LogP) is 5.19. The molecule has 0 aliphatic heterocycles. The van der Waals surface area contributed by atoms with Crippen LogP contribution in [0, 0.1) is 5.41 Å². The minimum Gasteiger partial charge on any atom is -0.345 e. The van der Waals surface area contributed by atoms with Crippen molar-refractivity contribution in [2.45, 2.75) is 32.6 Å². The molecule has 0 unspecified atom stereocenters. The molecule has 1 aromatic heterocycles. The van der Waals surface area contributed by atoms with Crippen molar-refractivity contribution in [3.05, 3.63) is 51.6 Å². The van der Waals surface area contributed by atoms with Crippen LogP contribution in [0.2, 0.25) is 10.0 Å². The number of hydrogen-bond donors (Lipinski definition) is 2. The minimum absolute atomic E-state index is 0.0818. The van der Waals surface area contributed by atoms with E-state index in [9.17, 15) is 4.79 Å². The molecule has 1 aromatic carbocycles. The van der Waals surface area contributed by atoms with E-state index in [4.69, 9.17) is 23.2 Å². The second-order valence-corrected chi connectivity index (χ2v) is 7.36. The molecule has 0 spiro atoms. The van der Waals surface area contributed by atoms with Crippen LogP contribution in [0.4, 0.5) is 5.82 Å². The van der Waals surface area contributed by atoms with Gasteiger partial charge in [-0.1, -0.05) is 37.0 Å². The van der Waals surface area contributed by atoms with E-state index in [1.54, 1.807) is 6.07 Å². The molecule has 22 heavy (non-hydrogen) atoms. The monoisotopic (exact) mass is 336 g/mol. The summed E-state index contributed by atoms with van der Waals surface area (Å²) in [5.74, 6) is 1.35. The van der Waals surface area contributed by atoms with E-state index in [0.717, 1.165) is 17.1 Å². The number of hydrogen-bond acceptors (Lipinski definition) is 1. The van der Waals surface area contributed by atoms with Crippen LogP contribution in [0.3, 0.4) is 0 Å². The lowest BCUT2D eigenvalue weighted by Crippen LogP contribution is -2.05. The Kier molecular flexibility index (Phi) is 3.74. The molecule has 116 valence electrons. The molecular formula is C17H18Cl2N2O. The molecule has 1 heterocycles. The number of H-pyrrole nitrogens is 1. The summed E-state index contributed by atoms with van der Waals surface area (Å²) in [5.41, 5.74) is 2.39. The third kappa shape index (κ3) is 2.75. The molecule has 2 aromatic rings. The Hall–Kier alpha value is -1.45. The van der Waals surface area contributed by atoms with E-state index < -0.39 is 0 Å². The van der Waals surface area contributed by atoms with Gasteiger partial charge < -0.3 is 10.3 Å². The van der Waals surface area contributed by atoms with Gasteiger partial charge in [0.25, 0.3) is 0 Å². The van der Waals surface area contributed by atoms with Gasteiger partial charge >= 0.3 is 0 Å². The molecule has 1 aliphatic rings. The van der Waals surface area contributed by atoms with E-state index in [-0.39, 0.29) is 11.3 Å². The first kappa shape index (κ1) is 15.4. The Bertz CT molecular complexity index is 716. The Morgan fingerprint density at radius 2 is 1.77 bits per heavy atom. The van der Waals surface area contributed by atoms with Crippen LogP contribution >= 0.6 is 23.2 Å². The minimum atomic E-state index is -0.0818. The number of carbonyl (C=O) groups is 1. The Labute approximate surface area is 140 Å². The van der Waals surface area contributed by atoms with Crippen molar-refractivity contribution in [2.75, 3.05) is 5.32 Å². The van der Waals surface area contributed by atoms with Crippen LogP contribution in [0.25, 0.3) is 0 Å². The zero-order chi connectivity index (χ0) is 16.1. The lowest BCUT2D eigenvalue weighted by Gasteiger charge is -2.04. The number of anilines is 1. The van der Waals surface area contributed by atoms with Crippen molar-refractivity contribution in [1.82, 2.24) is 4.98 Å². The van der Waals surface area contributed by atoms with Crippen molar-refractivity contribution in [1.29, 1.82) is 0 Å². The normalized spacial score (nSPS) is 22.4. The molecule has 0 saturated heterocycles. The fourth-order valence-electron chi connectivity index (χ4n) is 3.45. The lowest BCUT2D eigenvalue weighted by molar-refractivity contribution is -0.114. The molecule has 1 fully saturated rings. The van der Waals surface area contributed by atoms with E-state index >= 15 is 0 Å². The highest BCUT2D eigenvalue weighted by molar-refractivity contribution is 6.34. The first-order valence-electron chi connectivity index (χ1n) is 7.21. The first-order valence-corrected chi connectivity index (χ1v) is 7.97. The molecular weight excluding hydrogens is 319 g/mol. The van der Waals surface area contributed by atoms with Gasteiger partial charge in [0.15, 0.2) is 0 Å². The van der Waals surface area contributed by atoms with Crippen LogP contribution in [0.15, 0.2) is 30.3 Å². The van der Waals surface area contributed by atoms with Gasteiger partial charge in [0.2, 0.25) is 5.91 Å². The van der Waals surface area contributed by atoms with E-state index in [0.29, 0.717) is 21.9 Å². The second-order valence-electron chi connectivity index (χ2n) is 6.49. The zero-order valence-electron chi connectivity index (χ0n) is 12.7. The van der Waals surface area contributed by atoms with Gasteiger partial charge in [-0.05, 0) is 47.2 Å². The Morgan fingerprint density at radius 3 is 2.36 bits per heavy atom. The molecule has 5 heteroatoms. The zero-order valence-corrected chi connectivity index (χ0v) is 14.2. The highest BCUT2D eigenvalue weighted by Gasteiger charge is 2.59. The van der Waals surface area contributed by atoms with Gasteiger partial charge in [-0.3, -0.25) is 4.79 Å². The number of rotatable bonds is 3. The lowest BCUT2D eigenvalue weighted by atomic mass is 10.0. The van der Waals surface area contributed by atoms with E-state index in [2.05, 4.69) is 24.1 Å². The van der Waals surface area contributed by atoms with Gasteiger partial charge in [-0.2, -0.15) is 0 Å². The molecule has 2 N–H and O–H groups in total. The number of nitrogens with one attached hydrogen (secondary N) is 2. The maximum absolute atomic E-state index is 11.1. The summed E-state index contributed by atoms with van der Waals surface area (Å²) in [4.78, 5) is 14.4. The van der Waals surface area contributed by atoms with Gasteiger partial charge in [-0.15, -0.1) is 0 Å². The molecule has 3 rings (SSSR count). The summed E-state index contributed by atoms with van der Waals surface area (Å²) >= 11 is 12.3. The van der Waals surface area contributed by atoms with E-state index in [1.165, 1.54) is 6.92 Å². The summed E-state index contributed by atoms with van der Waals surface area (Å²) in [6.07, 6.45) is 0. The fraction of sp³-hybridized carbons (Fsp3) is 0.353. The van der Waals surface area contributed by atoms with Gasteiger partial charge in [0.1, 0.15) is 5.82 Å². The van der Waals surface area contributed by atoms with Crippen molar-refractivity contribution >= 4 is 34.9 Å². The summed E-state index contributed by atoms with van der Waals surface area (Å²) in [7, 11) is 0. The molecule has 1 aliphatic carbocycles. The SMILES string of the molecule is CC(=O)Nc1ccc([C@@H]2[C@@H](c3cc(Cl)cc(Cl)c3)C2(C)C)[nH]1. The standard InChI is InChI=1S/C17H18Cl2N2O/c1-9(22)20-14-5-4-13(21-14)16-15(17(16,2)3)10-6-11(18)8-12(19)7-10/h4-8,15-16,21H,1-3H3,(H,20,22)/t15-,16-/m1/s1. The molecule has 1 saturated carbocycles. The van der Waals surface area contributed by atoms with Crippen molar-refractivity contribution < 1.29 is 4.79 Å². The number of aromatic amines is 1. The highest BCUT2D eigenvalue weighted by atomic mass is 35.5. The van der Waals surface area contributed by atoms with Gasteiger partial charge in [0, 0.05) is 28.6 Å². The molecule has 0 bridgehead atoms. The number of carbonyl (C=O) groups excluding carboxylic acids is 1. The molecule has 3 nitrogen and oxygen atoms in total. The van der Waals surface area contributed by atoms with Crippen LogP contribution in [-0.2, 0) is 4.79 Å². The third-order valence-corrected chi connectivity index (χ3v) is 4.86. The van der Waals surface area contributed by atoms with E-state index in [1.807, 2.05) is 24.3 Å². The van der Waals surface area contributed by atoms with Crippen LogP contribution in [0.5, 0.6) is 0 Å². The smallest absolute Gasteiger partial charge is 0.222 e. The third-order valence-electron chi connectivity index (χ3n) is 4.43. The fourth-order valence-corrected chi connectivity index (χ4v) is 3.99. The first-order chi connectivity index (χ1) is 10.3. The van der Waals surface area contributed by atoms with Gasteiger partial charge in [0.05, 0.1) is 0 Å². The number of halogens is 2. The maximum atomic E-state index is 11.1. The van der Waals surface area contributed by atoms with Crippen LogP contribution in [-0.4, -0.2) is 10.9 Å². The predicted molar refractivity (Wildman–Crippen MR) is 90.8 cm³/mol. The average Bonchev–Trinajstić information content (AvgIpc) is 2.73. The number of aromatic nitrogens is 1. The average molecular weight is 337 g/mol. The maximum Gasteiger partial charge on any atom is 0.222 e. The Balaban J connectivity index is 1.89. The van der Waals surface area contributed by atoms with Crippen LogP contribution < -0.4 is 5.32 Å². The van der Waals surface area contributed by atoms with Crippen molar-refractivity contribution in [3.63, 3.8) is 0 Å². The second kappa shape index (κ2) is 5.32. The van der Waals surface area contributed by atoms with Crippen LogP contribution in [0.1, 0.15) is 43.9 Å². The highest BCUT2D eigenvalue weighted by Crippen LogP contribution is 2.69. The summed E-state index contributed by atoms with van der Waals surface area (Å²) < 4.78 is 0. The largest absolute Gasteiger partial charge is 0.345 e. The summed E-state index contributed by atoms with van der Waals surface area (Å²) in [6.45, 7) is 5.96. The van der Waals surface area contributed by atoms with Crippen molar-refractivity contribution in [3.8, 4) is 0 Å². The van der Waals surface area contributed by atoms with Gasteiger partial charge in [-0.25, -0.2) is 0 Å². The summed E-state index contributed by atoms with van der Waals surface area (Å²) in [6, 6.07) is 9.65. The molecule has 2 atom stereocenters. The Morgan fingerprint density at radius 1 is 1.14 bits per heavy atom. The quantitative estimate of drug-likeness (QED) is 0.796. The molecule has 0 radical (unpaired) electrons. The van der Waals surface area contributed by atoms with Crippen molar-refractivity contribution in [2.24, 2.45) is 5.41 Å². The topological polar surface area (TPSA) is 44.9 Å².